The summed E-state index contributed by atoms with van der Waals surface area (Å²) in [5.74, 6) is -0.627. The van der Waals surface area contributed by atoms with Gasteiger partial charge in [0.25, 0.3) is 0 Å². The number of halogens is 4. The van der Waals surface area contributed by atoms with E-state index < -0.39 is 23.1 Å². The lowest BCUT2D eigenvalue weighted by Crippen LogP contribution is -2.65. The number of hydrogen-bond acceptors (Lipinski definition) is 7. The highest BCUT2D eigenvalue weighted by molar-refractivity contribution is 5.96. The van der Waals surface area contributed by atoms with Gasteiger partial charge in [-0.15, -0.1) is 0 Å². The van der Waals surface area contributed by atoms with Crippen molar-refractivity contribution in [2.24, 2.45) is 15.4 Å². The van der Waals surface area contributed by atoms with Crippen molar-refractivity contribution >= 4 is 29.1 Å². The van der Waals surface area contributed by atoms with Crippen LogP contribution in [-0.4, -0.2) is 58.8 Å². The van der Waals surface area contributed by atoms with E-state index >= 15 is 4.39 Å². The number of rotatable bonds is 1. The predicted molar refractivity (Wildman–Crippen MR) is 115 cm³/mol. The molecular formula is C22H20F4N6O2. The van der Waals surface area contributed by atoms with Crippen LogP contribution in [0, 0.1) is 11.2 Å². The summed E-state index contributed by atoms with van der Waals surface area (Å²) < 4.78 is 67.4. The third-order valence-electron chi connectivity index (χ3n) is 6.68. The van der Waals surface area contributed by atoms with E-state index in [0.717, 1.165) is 16.9 Å². The van der Waals surface area contributed by atoms with Crippen molar-refractivity contribution in [2.45, 2.75) is 44.7 Å². The molecule has 0 unspecified atom stereocenters. The normalized spacial score (nSPS) is 25.7. The summed E-state index contributed by atoms with van der Waals surface area (Å²) in [5.41, 5.74) is -0.774. The van der Waals surface area contributed by atoms with E-state index in [1.165, 1.54) is 0 Å². The molecule has 8 nitrogen and oxygen atoms in total. The van der Waals surface area contributed by atoms with Gasteiger partial charge in [0.05, 0.1) is 34.7 Å². The first kappa shape index (κ1) is 21.3. The molecule has 1 aromatic carbocycles. The number of ether oxygens (including phenoxy) is 1. The molecule has 1 spiro atoms. The monoisotopic (exact) mass is 476 g/mol. The molecule has 3 atom stereocenters. The van der Waals surface area contributed by atoms with Crippen LogP contribution in [-0.2, 0) is 17.3 Å². The second-order valence-corrected chi connectivity index (χ2v) is 9.03. The average molecular weight is 476 g/mol. The lowest BCUT2D eigenvalue weighted by Gasteiger charge is -2.54. The van der Waals surface area contributed by atoms with Crippen LogP contribution in [0.2, 0.25) is 0 Å². The number of aromatic nitrogens is 3. The van der Waals surface area contributed by atoms with Crippen LogP contribution in [0.5, 0.6) is 0 Å². The smallest absolute Gasteiger partial charge is 0.372 e. The summed E-state index contributed by atoms with van der Waals surface area (Å²) in [4.78, 5) is 10.8. The van der Waals surface area contributed by atoms with E-state index in [1.54, 1.807) is 6.07 Å². The van der Waals surface area contributed by atoms with E-state index in [-0.39, 0.29) is 35.0 Å². The van der Waals surface area contributed by atoms with E-state index in [9.17, 15) is 13.2 Å². The van der Waals surface area contributed by atoms with E-state index in [4.69, 9.17) is 9.26 Å². The molecule has 0 aliphatic carbocycles. The van der Waals surface area contributed by atoms with Gasteiger partial charge in [0.2, 0.25) is 11.4 Å². The van der Waals surface area contributed by atoms with Crippen LogP contribution >= 0.6 is 0 Å². The van der Waals surface area contributed by atoms with Crippen molar-refractivity contribution in [2.75, 3.05) is 18.1 Å². The van der Waals surface area contributed by atoms with Gasteiger partial charge in [-0.25, -0.2) is 9.07 Å². The molecule has 6 rings (SSSR count). The van der Waals surface area contributed by atoms with Gasteiger partial charge < -0.3 is 14.2 Å². The molecule has 5 heterocycles. The Balaban J connectivity index is 1.54. The molecule has 0 amide bonds. The standard InChI is InChI=1S/C22H20F4N6O2/c1-11-7-31-17-13(6-21(8-27-10-28-9-21)19(31)12(2)33-11)5-14-18(16(17)23)34-30-20(14)32-4-3-15(29-32)22(24,25)26/h3-5,8-9,11-12,19H,6-7,10H2,1-2H3/t11-,12+,19-/m0/s1. The molecule has 0 N–H and O–H groups in total. The Morgan fingerprint density at radius 1 is 1.18 bits per heavy atom. The fourth-order valence-electron chi connectivity index (χ4n) is 5.54. The largest absolute Gasteiger partial charge is 0.435 e. The molecule has 3 aromatic rings. The van der Waals surface area contributed by atoms with E-state index in [2.05, 4.69) is 20.2 Å². The first-order chi connectivity index (χ1) is 16.2. The lowest BCUT2D eigenvalue weighted by molar-refractivity contribution is -0.141. The third kappa shape index (κ3) is 3.00. The molecule has 12 heteroatoms. The van der Waals surface area contributed by atoms with Crippen LogP contribution in [0.4, 0.5) is 23.2 Å². The molecule has 178 valence electrons. The maximum absolute atomic E-state index is 16.0. The number of morpholine rings is 1. The average Bonchev–Trinajstić information content (AvgIpc) is 3.40. The Morgan fingerprint density at radius 3 is 2.65 bits per heavy atom. The number of benzene rings is 1. The Kier molecular flexibility index (Phi) is 4.45. The second-order valence-electron chi connectivity index (χ2n) is 9.03. The predicted octanol–water partition coefficient (Wildman–Crippen LogP) is 3.81. The Morgan fingerprint density at radius 2 is 1.94 bits per heavy atom. The fourth-order valence-corrected chi connectivity index (χ4v) is 5.54. The summed E-state index contributed by atoms with van der Waals surface area (Å²) in [6.07, 6.45) is 0.256. The van der Waals surface area contributed by atoms with Crippen LogP contribution in [0.25, 0.3) is 16.8 Å². The summed E-state index contributed by atoms with van der Waals surface area (Å²) in [6.45, 7) is 4.66. The quantitative estimate of drug-likeness (QED) is 0.499. The zero-order valence-corrected chi connectivity index (χ0v) is 18.3. The van der Waals surface area contributed by atoms with E-state index in [1.807, 2.05) is 31.2 Å². The molecule has 0 saturated carbocycles. The van der Waals surface area contributed by atoms with Crippen LogP contribution in [0.3, 0.4) is 0 Å². The molecule has 0 radical (unpaired) electrons. The third-order valence-corrected chi connectivity index (χ3v) is 6.68. The van der Waals surface area contributed by atoms with Crippen LogP contribution in [0.15, 0.2) is 32.8 Å². The fraction of sp³-hybridized carbons (Fsp3) is 0.455. The van der Waals surface area contributed by atoms with Crippen LogP contribution < -0.4 is 4.90 Å². The van der Waals surface area contributed by atoms with Crippen molar-refractivity contribution < 1.29 is 26.8 Å². The first-order valence-corrected chi connectivity index (χ1v) is 10.9. The Hall–Kier alpha value is -3.28. The zero-order chi connectivity index (χ0) is 23.8. The van der Waals surface area contributed by atoms with Gasteiger partial charge in [0, 0.05) is 25.2 Å². The summed E-state index contributed by atoms with van der Waals surface area (Å²) >= 11 is 0. The lowest BCUT2D eigenvalue weighted by atomic mass is 9.69. The highest BCUT2D eigenvalue weighted by Gasteiger charge is 2.52. The first-order valence-electron chi connectivity index (χ1n) is 10.9. The zero-order valence-electron chi connectivity index (χ0n) is 18.3. The molecule has 1 fully saturated rings. The van der Waals surface area contributed by atoms with Crippen molar-refractivity contribution in [3.8, 4) is 5.82 Å². The minimum absolute atomic E-state index is 0.0157. The van der Waals surface area contributed by atoms with Gasteiger partial charge in [0.1, 0.15) is 6.67 Å². The van der Waals surface area contributed by atoms with Crippen molar-refractivity contribution in [3.05, 3.63) is 35.4 Å². The number of hydrogen-bond donors (Lipinski definition) is 0. The number of alkyl halides is 3. The highest BCUT2D eigenvalue weighted by atomic mass is 19.4. The van der Waals surface area contributed by atoms with Gasteiger partial charge in [-0.2, -0.15) is 18.3 Å². The molecular weight excluding hydrogens is 456 g/mol. The second kappa shape index (κ2) is 7.11. The minimum atomic E-state index is -4.61. The Bertz CT molecular complexity index is 1330. The van der Waals surface area contributed by atoms with Crippen molar-refractivity contribution in [1.29, 1.82) is 0 Å². The maximum Gasteiger partial charge on any atom is 0.435 e. The SMILES string of the molecule is C[C@H]1CN2c3c(cc4c(-n5ccc(C(F)(F)F)n5)noc4c3F)CC3(C=NCN=C3)[C@@H]2[C@@H](C)O1. The molecule has 2 aromatic heterocycles. The number of anilines is 1. The van der Waals surface area contributed by atoms with E-state index in [0.29, 0.717) is 30.9 Å². The number of fused-ring (bicyclic) bond motifs is 5. The summed E-state index contributed by atoms with van der Waals surface area (Å²) in [7, 11) is 0. The summed E-state index contributed by atoms with van der Waals surface area (Å²) in [5, 5.41) is 7.65. The van der Waals surface area contributed by atoms with Crippen LogP contribution in [0.1, 0.15) is 25.1 Å². The highest BCUT2D eigenvalue weighted by Crippen LogP contribution is 2.47. The molecule has 1 saturated heterocycles. The van der Waals surface area contributed by atoms with Gasteiger partial charge in [-0.05, 0) is 38.0 Å². The number of nitrogens with zero attached hydrogens (tertiary/aromatic N) is 6. The topological polar surface area (TPSA) is 81.0 Å². The number of aliphatic imine (C=N–C) groups is 2. The maximum atomic E-state index is 16.0. The van der Waals surface area contributed by atoms with Crippen molar-refractivity contribution in [3.63, 3.8) is 0 Å². The van der Waals surface area contributed by atoms with Gasteiger partial charge in [-0.1, -0.05) is 5.16 Å². The van der Waals surface area contributed by atoms with Gasteiger partial charge in [0.15, 0.2) is 11.5 Å². The van der Waals surface area contributed by atoms with Crippen molar-refractivity contribution in [1.82, 2.24) is 14.9 Å². The minimum Gasteiger partial charge on any atom is -0.372 e. The molecule has 3 aliphatic rings. The van der Waals surface area contributed by atoms with Gasteiger partial charge >= 0.3 is 6.18 Å². The molecule has 3 aliphatic heterocycles. The molecule has 0 bridgehead atoms. The Labute approximate surface area is 190 Å². The summed E-state index contributed by atoms with van der Waals surface area (Å²) in [6, 6.07) is 2.31. The molecule has 34 heavy (non-hydrogen) atoms. The van der Waals surface area contributed by atoms with Gasteiger partial charge in [-0.3, -0.25) is 9.98 Å².